The van der Waals surface area contributed by atoms with Crippen molar-refractivity contribution in [2.24, 2.45) is 0 Å². The highest BCUT2D eigenvalue weighted by Gasteiger charge is 2.29. The lowest BCUT2D eigenvalue weighted by atomic mass is 9.95. The molecule has 0 unspecified atom stereocenters. The van der Waals surface area contributed by atoms with Crippen molar-refractivity contribution < 1.29 is 13.2 Å². The fourth-order valence-electron chi connectivity index (χ4n) is 4.34. The molecule has 184 valence electrons. The Hall–Kier alpha value is -3.90. The Morgan fingerprint density at radius 2 is 1.39 bits per heavy atom. The molecule has 0 aliphatic heterocycles. The number of rotatable bonds is 8. The molecule has 0 aromatic heterocycles. The summed E-state index contributed by atoms with van der Waals surface area (Å²) in [6.45, 7) is 5.45. The second-order valence-electron chi connectivity index (χ2n) is 8.88. The third kappa shape index (κ3) is 5.50. The highest BCUT2D eigenvalue weighted by Crippen LogP contribution is 2.29. The zero-order valence-corrected chi connectivity index (χ0v) is 21.5. The van der Waals surface area contributed by atoms with Crippen LogP contribution < -0.4 is 9.62 Å². The smallest absolute Gasteiger partial charge is 0.264 e. The lowest BCUT2D eigenvalue weighted by Crippen LogP contribution is -2.42. The van der Waals surface area contributed by atoms with Crippen LogP contribution in [0.3, 0.4) is 0 Å². The SMILES string of the molecule is Cc1ccc(N(CC(=O)N[C@@H](c2ccccc2)c2ccccc2C)S(=O)(=O)c2ccccc2)c(C)c1. The normalized spacial score (nSPS) is 12.1. The first kappa shape index (κ1) is 25.2. The number of carbonyl (C=O) groups excluding carboxylic acids is 1. The molecule has 0 saturated heterocycles. The van der Waals surface area contributed by atoms with Crippen LogP contribution in [0.5, 0.6) is 0 Å². The van der Waals surface area contributed by atoms with E-state index in [0.717, 1.165) is 27.8 Å². The van der Waals surface area contributed by atoms with Crippen LogP contribution in [0.2, 0.25) is 0 Å². The molecule has 0 aliphatic carbocycles. The van der Waals surface area contributed by atoms with Gasteiger partial charge in [-0.15, -0.1) is 0 Å². The maximum atomic E-state index is 13.7. The molecule has 1 N–H and O–H groups in total. The standard InChI is InChI=1S/C30H30N2O3S/c1-22-18-19-28(24(3)20-22)32(36(34,35)26-15-8-5-9-16-26)21-29(33)31-30(25-13-6-4-7-14-25)27-17-11-10-12-23(27)2/h4-20,30H,21H2,1-3H3,(H,31,33)/t30-/m0/s1. The summed E-state index contributed by atoms with van der Waals surface area (Å²) in [6, 6.07) is 30.9. The number of hydrogen-bond acceptors (Lipinski definition) is 3. The van der Waals surface area contributed by atoms with Gasteiger partial charge in [-0.3, -0.25) is 9.10 Å². The number of sulfonamides is 1. The average Bonchev–Trinajstić information content (AvgIpc) is 2.88. The van der Waals surface area contributed by atoms with Crippen LogP contribution in [-0.4, -0.2) is 20.9 Å². The van der Waals surface area contributed by atoms with Crippen molar-refractivity contribution in [1.29, 1.82) is 0 Å². The van der Waals surface area contributed by atoms with E-state index in [1.807, 2.05) is 87.5 Å². The fraction of sp³-hybridized carbons (Fsp3) is 0.167. The summed E-state index contributed by atoms with van der Waals surface area (Å²) >= 11 is 0. The monoisotopic (exact) mass is 498 g/mol. The molecule has 0 aliphatic rings. The summed E-state index contributed by atoms with van der Waals surface area (Å²) in [5.74, 6) is -0.397. The summed E-state index contributed by atoms with van der Waals surface area (Å²) in [6.07, 6.45) is 0. The molecular weight excluding hydrogens is 468 g/mol. The van der Waals surface area contributed by atoms with E-state index in [9.17, 15) is 13.2 Å². The van der Waals surface area contributed by atoms with Gasteiger partial charge in [-0.2, -0.15) is 0 Å². The van der Waals surface area contributed by atoms with Gasteiger partial charge < -0.3 is 5.32 Å². The number of nitrogens with zero attached hydrogens (tertiary/aromatic N) is 1. The summed E-state index contributed by atoms with van der Waals surface area (Å²) in [4.78, 5) is 13.7. The van der Waals surface area contributed by atoms with Crippen molar-refractivity contribution in [3.05, 3.63) is 131 Å². The molecule has 5 nitrogen and oxygen atoms in total. The van der Waals surface area contributed by atoms with Gasteiger partial charge in [0.15, 0.2) is 0 Å². The molecule has 0 radical (unpaired) electrons. The third-order valence-corrected chi connectivity index (χ3v) is 7.95. The van der Waals surface area contributed by atoms with Crippen molar-refractivity contribution >= 4 is 21.6 Å². The number of amides is 1. The number of anilines is 1. The van der Waals surface area contributed by atoms with Gasteiger partial charge in [0.1, 0.15) is 6.54 Å². The van der Waals surface area contributed by atoms with Gasteiger partial charge in [0.2, 0.25) is 5.91 Å². The van der Waals surface area contributed by atoms with E-state index in [1.54, 1.807) is 36.4 Å². The van der Waals surface area contributed by atoms with Crippen molar-refractivity contribution in [2.75, 3.05) is 10.8 Å². The van der Waals surface area contributed by atoms with Gasteiger partial charge in [0, 0.05) is 0 Å². The second kappa shape index (κ2) is 10.8. The van der Waals surface area contributed by atoms with Gasteiger partial charge in [-0.25, -0.2) is 8.42 Å². The van der Waals surface area contributed by atoms with Gasteiger partial charge in [-0.05, 0) is 61.2 Å². The topological polar surface area (TPSA) is 66.5 Å². The molecule has 0 spiro atoms. The number of nitrogens with one attached hydrogen (secondary N) is 1. The lowest BCUT2D eigenvalue weighted by molar-refractivity contribution is -0.120. The Morgan fingerprint density at radius 3 is 2.03 bits per heavy atom. The van der Waals surface area contributed by atoms with E-state index in [4.69, 9.17) is 0 Å². The van der Waals surface area contributed by atoms with Crippen LogP contribution in [0.1, 0.15) is 33.9 Å². The first-order chi connectivity index (χ1) is 17.3. The minimum absolute atomic E-state index is 0.135. The molecular formula is C30H30N2O3S. The number of carbonyl (C=O) groups is 1. The van der Waals surface area contributed by atoms with Crippen LogP contribution in [0, 0.1) is 20.8 Å². The minimum atomic E-state index is -3.99. The number of aryl methyl sites for hydroxylation is 3. The zero-order valence-electron chi connectivity index (χ0n) is 20.7. The predicted octanol–water partition coefficient (Wildman–Crippen LogP) is 5.71. The van der Waals surface area contributed by atoms with E-state index in [1.165, 1.54) is 4.31 Å². The van der Waals surface area contributed by atoms with E-state index in [2.05, 4.69) is 5.32 Å². The lowest BCUT2D eigenvalue weighted by Gasteiger charge is -2.28. The predicted molar refractivity (Wildman–Crippen MR) is 144 cm³/mol. The highest BCUT2D eigenvalue weighted by atomic mass is 32.2. The van der Waals surface area contributed by atoms with Gasteiger partial charge in [0.25, 0.3) is 10.0 Å². The Balaban J connectivity index is 1.72. The van der Waals surface area contributed by atoms with E-state index < -0.39 is 22.0 Å². The maximum absolute atomic E-state index is 13.7. The van der Waals surface area contributed by atoms with Gasteiger partial charge in [0.05, 0.1) is 16.6 Å². The van der Waals surface area contributed by atoms with Crippen molar-refractivity contribution in [1.82, 2.24) is 5.32 Å². The number of hydrogen-bond donors (Lipinski definition) is 1. The van der Waals surface area contributed by atoms with E-state index in [-0.39, 0.29) is 11.4 Å². The Bertz CT molecular complexity index is 1450. The molecule has 4 aromatic rings. The molecule has 6 heteroatoms. The van der Waals surface area contributed by atoms with Crippen LogP contribution >= 0.6 is 0 Å². The average molecular weight is 499 g/mol. The second-order valence-corrected chi connectivity index (χ2v) is 10.7. The first-order valence-electron chi connectivity index (χ1n) is 11.8. The van der Waals surface area contributed by atoms with E-state index in [0.29, 0.717) is 5.69 Å². The molecule has 4 aromatic carbocycles. The van der Waals surface area contributed by atoms with Crippen LogP contribution in [-0.2, 0) is 14.8 Å². The summed E-state index contributed by atoms with van der Waals surface area (Å²) in [5, 5.41) is 3.10. The largest absolute Gasteiger partial charge is 0.344 e. The molecule has 0 bridgehead atoms. The number of benzene rings is 4. The summed E-state index contributed by atoms with van der Waals surface area (Å²) < 4.78 is 28.7. The molecule has 36 heavy (non-hydrogen) atoms. The molecule has 1 atom stereocenters. The molecule has 0 heterocycles. The van der Waals surface area contributed by atoms with Crippen molar-refractivity contribution in [2.45, 2.75) is 31.7 Å². The maximum Gasteiger partial charge on any atom is 0.264 e. The molecule has 1 amide bonds. The third-order valence-electron chi connectivity index (χ3n) is 6.18. The fourth-order valence-corrected chi connectivity index (χ4v) is 5.84. The van der Waals surface area contributed by atoms with Gasteiger partial charge >= 0.3 is 0 Å². The quantitative estimate of drug-likeness (QED) is 0.338. The van der Waals surface area contributed by atoms with E-state index >= 15 is 0 Å². The van der Waals surface area contributed by atoms with Gasteiger partial charge in [-0.1, -0.05) is 90.5 Å². The molecule has 0 fully saturated rings. The molecule has 4 rings (SSSR count). The molecule has 0 saturated carbocycles. The summed E-state index contributed by atoms with van der Waals surface area (Å²) in [7, 11) is -3.99. The van der Waals surface area contributed by atoms with Crippen LogP contribution in [0.25, 0.3) is 0 Å². The van der Waals surface area contributed by atoms with Crippen molar-refractivity contribution in [3.8, 4) is 0 Å². The van der Waals surface area contributed by atoms with Crippen LogP contribution in [0.15, 0.2) is 108 Å². The Labute approximate surface area is 213 Å². The Kier molecular flexibility index (Phi) is 7.55. The summed E-state index contributed by atoms with van der Waals surface area (Å²) in [5.41, 5.74) is 5.19. The first-order valence-corrected chi connectivity index (χ1v) is 13.3. The zero-order chi connectivity index (χ0) is 25.7. The highest BCUT2D eigenvalue weighted by molar-refractivity contribution is 7.92. The van der Waals surface area contributed by atoms with Crippen molar-refractivity contribution in [3.63, 3.8) is 0 Å². The minimum Gasteiger partial charge on any atom is -0.344 e. The van der Waals surface area contributed by atoms with Crippen LogP contribution in [0.4, 0.5) is 5.69 Å². The Morgan fingerprint density at radius 1 is 0.778 bits per heavy atom.